The highest BCUT2D eigenvalue weighted by atomic mass is 16.7. The first kappa shape index (κ1) is 16.9. The standard InChI is InChI=1S/C17H20O7/c1-22-11-6-7-12(10-5-3-2-4-9(10)11)23-17-16(21)15(20)14(19)13(8-18)24-17/h2-7,13-21H,8H2,1H3/t13-,14+,15+,16-,17-/m1/s1. The fourth-order valence-electron chi connectivity index (χ4n) is 2.81. The van der Waals surface area contributed by atoms with E-state index < -0.39 is 37.3 Å². The molecule has 4 N–H and O–H groups in total. The van der Waals surface area contributed by atoms with E-state index in [-0.39, 0.29) is 0 Å². The van der Waals surface area contributed by atoms with Gasteiger partial charge in [0.25, 0.3) is 0 Å². The normalized spacial score (nSPS) is 30.3. The molecule has 1 aliphatic rings. The largest absolute Gasteiger partial charge is 0.496 e. The van der Waals surface area contributed by atoms with Crippen LogP contribution >= 0.6 is 0 Å². The van der Waals surface area contributed by atoms with Gasteiger partial charge in [-0.2, -0.15) is 0 Å². The van der Waals surface area contributed by atoms with Gasteiger partial charge >= 0.3 is 0 Å². The van der Waals surface area contributed by atoms with Gasteiger partial charge in [-0.25, -0.2) is 0 Å². The molecule has 2 aromatic rings. The number of rotatable bonds is 4. The fourth-order valence-corrected chi connectivity index (χ4v) is 2.81. The van der Waals surface area contributed by atoms with Crippen LogP contribution in [0.4, 0.5) is 0 Å². The zero-order valence-electron chi connectivity index (χ0n) is 13.1. The minimum Gasteiger partial charge on any atom is -0.496 e. The van der Waals surface area contributed by atoms with Crippen LogP contribution in [0.2, 0.25) is 0 Å². The molecular weight excluding hydrogens is 316 g/mol. The molecule has 24 heavy (non-hydrogen) atoms. The highest BCUT2D eigenvalue weighted by Crippen LogP contribution is 2.34. The van der Waals surface area contributed by atoms with Crippen molar-refractivity contribution in [3.63, 3.8) is 0 Å². The van der Waals surface area contributed by atoms with E-state index in [9.17, 15) is 20.4 Å². The summed E-state index contributed by atoms with van der Waals surface area (Å²) < 4.78 is 16.4. The third kappa shape index (κ3) is 2.92. The van der Waals surface area contributed by atoms with Crippen LogP contribution in [-0.2, 0) is 4.74 Å². The van der Waals surface area contributed by atoms with Crippen LogP contribution in [0.1, 0.15) is 0 Å². The summed E-state index contributed by atoms with van der Waals surface area (Å²) in [6.07, 6.45) is -6.60. The average molecular weight is 336 g/mol. The summed E-state index contributed by atoms with van der Waals surface area (Å²) >= 11 is 0. The van der Waals surface area contributed by atoms with E-state index in [2.05, 4.69) is 0 Å². The van der Waals surface area contributed by atoms with Crippen LogP contribution in [0.25, 0.3) is 10.8 Å². The lowest BCUT2D eigenvalue weighted by Gasteiger charge is -2.39. The SMILES string of the molecule is COc1ccc(O[C@@H]2O[C@H](CO)[C@H](O)[C@H](O)[C@H]2O)c2ccccc12. The zero-order valence-corrected chi connectivity index (χ0v) is 13.1. The fraction of sp³-hybridized carbons (Fsp3) is 0.412. The van der Waals surface area contributed by atoms with Crippen molar-refractivity contribution in [2.24, 2.45) is 0 Å². The van der Waals surface area contributed by atoms with Crippen molar-refractivity contribution >= 4 is 10.8 Å². The molecule has 1 fully saturated rings. The highest BCUT2D eigenvalue weighted by Gasteiger charge is 2.44. The van der Waals surface area contributed by atoms with Crippen LogP contribution in [0.5, 0.6) is 11.5 Å². The molecule has 1 aliphatic heterocycles. The van der Waals surface area contributed by atoms with Crippen LogP contribution in [0.15, 0.2) is 36.4 Å². The number of hydrogen-bond acceptors (Lipinski definition) is 7. The Morgan fingerprint density at radius 3 is 2.17 bits per heavy atom. The molecule has 0 amide bonds. The Labute approximate surface area is 138 Å². The topological polar surface area (TPSA) is 109 Å². The second kappa shape index (κ2) is 6.92. The van der Waals surface area contributed by atoms with Gasteiger partial charge in [-0.05, 0) is 12.1 Å². The molecule has 1 saturated heterocycles. The Morgan fingerprint density at radius 2 is 1.54 bits per heavy atom. The first-order valence-electron chi connectivity index (χ1n) is 7.59. The lowest BCUT2D eigenvalue weighted by atomic mass is 9.99. The second-order valence-electron chi connectivity index (χ2n) is 5.63. The summed E-state index contributed by atoms with van der Waals surface area (Å²) in [6, 6.07) is 10.8. The van der Waals surface area contributed by atoms with Gasteiger partial charge in [-0.3, -0.25) is 0 Å². The summed E-state index contributed by atoms with van der Waals surface area (Å²) in [5.74, 6) is 1.10. The van der Waals surface area contributed by atoms with Crippen molar-refractivity contribution in [2.45, 2.75) is 30.7 Å². The van der Waals surface area contributed by atoms with E-state index in [0.29, 0.717) is 11.5 Å². The molecule has 1 heterocycles. The molecule has 0 aliphatic carbocycles. The molecule has 7 nitrogen and oxygen atoms in total. The monoisotopic (exact) mass is 336 g/mol. The minimum absolute atomic E-state index is 0.427. The van der Waals surface area contributed by atoms with E-state index >= 15 is 0 Å². The van der Waals surface area contributed by atoms with Gasteiger partial charge in [0.2, 0.25) is 6.29 Å². The molecule has 0 spiro atoms. The smallest absolute Gasteiger partial charge is 0.229 e. The van der Waals surface area contributed by atoms with Gasteiger partial charge in [0.15, 0.2) is 0 Å². The average Bonchev–Trinajstić information content (AvgIpc) is 2.62. The lowest BCUT2D eigenvalue weighted by Crippen LogP contribution is -2.60. The number of benzene rings is 2. The molecule has 2 aromatic carbocycles. The van der Waals surface area contributed by atoms with Crippen molar-refractivity contribution in [1.29, 1.82) is 0 Å². The molecule has 0 aromatic heterocycles. The Bertz CT molecular complexity index is 702. The number of methoxy groups -OCH3 is 1. The number of hydrogen-bond donors (Lipinski definition) is 4. The Hall–Kier alpha value is -1.90. The van der Waals surface area contributed by atoms with Crippen LogP contribution < -0.4 is 9.47 Å². The molecule has 3 rings (SSSR count). The maximum Gasteiger partial charge on any atom is 0.229 e. The van der Waals surface area contributed by atoms with Crippen LogP contribution in [0, 0.1) is 0 Å². The third-order valence-electron chi connectivity index (χ3n) is 4.16. The predicted molar refractivity (Wildman–Crippen MR) is 84.9 cm³/mol. The van der Waals surface area contributed by atoms with Crippen molar-refractivity contribution in [2.75, 3.05) is 13.7 Å². The van der Waals surface area contributed by atoms with Crippen molar-refractivity contribution < 1.29 is 34.6 Å². The maximum absolute atomic E-state index is 10.1. The zero-order chi connectivity index (χ0) is 17.3. The van der Waals surface area contributed by atoms with Crippen LogP contribution in [-0.4, -0.2) is 64.8 Å². The Morgan fingerprint density at radius 1 is 0.917 bits per heavy atom. The molecule has 0 radical (unpaired) electrons. The van der Waals surface area contributed by atoms with Gasteiger partial charge < -0.3 is 34.6 Å². The van der Waals surface area contributed by atoms with E-state index in [0.717, 1.165) is 10.8 Å². The van der Waals surface area contributed by atoms with E-state index in [1.54, 1.807) is 19.2 Å². The Balaban J connectivity index is 1.92. The van der Waals surface area contributed by atoms with Gasteiger partial charge in [0, 0.05) is 10.8 Å². The van der Waals surface area contributed by atoms with Gasteiger partial charge in [-0.15, -0.1) is 0 Å². The third-order valence-corrected chi connectivity index (χ3v) is 4.16. The summed E-state index contributed by atoms with van der Waals surface area (Å²) in [4.78, 5) is 0. The van der Waals surface area contributed by atoms with E-state index in [1.165, 1.54) is 0 Å². The highest BCUT2D eigenvalue weighted by molar-refractivity contribution is 5.93. The van der Waals surface area contributed by atoms with E-state index in [4.69, 9.17) is 14.2 Å². The number of fused-ring (bicyclic) bond motifs is 1. The molecular formula is C17H20O7. The molecule has 0 unspecified atom stereocenters. The van der Waals surface area contributed by atoms with E-state index in [1.807, 2.05) is 24.3 Å². The summed E-state index contributed by atoms with van der Waals surface area (Å²) in [6.45, 7) is -0.506. The van der Waals surface area contributed by atoms with Gasteiger partial charge in [0.1, 0.15) is 35.9 Å². The van der Waals surface area contributed by atoms with Crippen LogP contribution in [0.3, 0.4) is 0 Å². The number of aliphatic hydroxyl groups is 4. The maximum atomic E-state index is 10.1. The lowest BCUT2D eigenvalue weighted by molar-refractivity contribution is -0.277. The number of ether oxygens (including phenoxy) is 3. The van der Waals surface area contributed by atoms with Crippen molar-refractivity contribution in [1.82, 2.24) is 0 Å². The predicted octanol–water partition coefficient (Wildman–Crippen LogP) is 0.0271. The van der Waals surface area contributed by atoms with Gasteiger partial charge in [-0.1, -0.05) is 24.3 Å². The molecule has 5 atom stereocenters. The molecule has 0 bridgehead atoms. The minimum atomic E-state index is -1.48. The number of aliphatic hydroxyl groups excluding tert-OH is 4. The summed E-state index contributed by atoms with van der Waals surface area (Å²) in [5.41, 5.74) is 0. The summed E-state index contributed by atoms with van der Waals surface area (Å²) in [5, 5.41) is 40.6. The first-order valence-corrected chi connectivity index (χ1v) is 7.59. The van der Waals surface area contributed by atoms with Crippen molar-refractivity contribution in [3.8, 4) is 11.5 Å². The summed E-state index contributed by atoms with van der Waals surface area (Å²) in [7, 11) is 1.57. The first-order chi connectivity index (χ1) is 11.6. The second-order valence-corrected chi connectivity index (χ2v) is 5.63. The Kier molecular flexibility index (Phi) is 4.88. The van der Waals surface area contributed by atoms with Crippen molar-refractivity contribution in [3.05, 3.63) is 36.4 Å². The quantitative estimate of drug-likeness (QED) is 0.624. The molecule has 7 heteroatoms. The molecule has 130 valence electrons. The van der Waals surface area contributed by atoms with Gasteiger partial charge in [0.05, 0.1) is 13.7 Å². The molecule has 0 saturated carbocycles.